The smallest absolute Gasteiger partial charge is 0.145 e. The second-order valence-corrected chi connectivity index (χ2v) is 13.7. The maximum Gasteiger partial charge on any atom is 0.145 e. The van der Waals surface area contributed by atoms with Crippen LogP contribution in [0.1, 0.15) is 13.8 Å². The molecule has 53 heavy (non-hydrogen) atoms. The Hall–Kier alpha value is -6.85. The highest BCUT2D eigenvalue weighted by Crippen LogP contribution is 2.44. The maximum atomic E-state index is 7.13. The first-order chi connectivity index (χ1) is 26.2. The summed E-state index contributed by atoms with van der Waals surface area (Å²) in [5.74, 6) is 0.919. The number of para-hydroxylation sites is 3. The van der Waals surface area contributed by atoms with E-state index in [1.165, 1.54) is 0 Å². The van der Waals surface area contributed by atoms with E-state index in [1.807, 2.05) is 19.1 Å². The fraction of sp³-hybridized carbons (Fsp3) is 0.0625. The first-order valence-electron chi connectivity index (χ1n) is 18.2. The molecule has 0 unspecified atom stereocenters. The van der Waals surface area contributed by atoms with Crippen LogP contribution in [0.5, 0.6) is 0 Å². The number of nitrogens with zero attached hydrogens (tertiary/aromatic N) is 3. The zero-order valence-electron chi connectivity index (χ0n) is 29.3. The second kappa shape index (κ2) is 11.3. The predicted octanol–water partition coefficient (Wildman–Crippen LogP) is 13.2. The van der Waals surface area contributed by atoms with Crippen LogP contribution < -0.4 is 0 Å². The molecule has 0 aliphatic carbocycles. The Balaban J connectivity index is 1.16. The summed E-state index contributed by atoms with van der Waals surface area (Å²) < 4.78 is 17.9. The molecule has 0 saturated heterocycles. The van der Waals surface area contributed by atoms with Crippen molar-refractivity contribution in [1.82, 2.24) is 9.13 Å². The first kappa shape index (κ1) is 29.8. The van der Waals surface area contributed by atoms with Crippen LogP contribution in [-0.2, 0) is 0 Å². The van der Waals surface area contributed by atoms with Crippen molar-refractivity contribution in [2.45, 2.75) is 13.8 Å². The molecule has 0 bridgehead atoms. The van der Waals surface area contributed by atoms with E-state index in [0.29, 0.717) is 6.54 Å². The summed E-state index contributed by atoms with van der Waals surface area (Å²) in [6.07, 6.45) is 4.14. The Morgan fingerprint density at radius 2 is 1.21 bits per heavy atom. The molecule has 0 N–H and O–H groups in total. The first-order valence-corrected chi connectivity index (χ1v) is 18.2. The molecule has 0 atom stereocenters. The van der Waals surface area contributed by atoms with Crippen LogP contribution in [0.15, 0.2) is 166 Å². The molecule has 0 amide bonds. The van der Waals surface area contributed by atoms with E-state index in [9.17, 15) is 0 Å². The molecule has 0 fully saturated rings. The molecule has 5 nitrogen and oxygen atoms in total. The van der Waals surface area contributed by atoms with Gasteiger partial charge >= 0.3 is 0 Å². The maximum absolute atomic E-state index is 7.13. The number of aliphatic imine (C=N–C) groups is 1. The summed E-state index contributed by atoms with van der Waals surface area (Å²) in [5, 5.41) is 9.01. The van der Waals surface area contributed by atoms with Crippen molar-refractivity contribution in [3.63, 3.8) is 0 Å². The second-order valence-electron chi connectivity index (χ2n) is 13.7. The van der Waals surface area contributed by atoms with Crippen molar-refractivity contribution in [2.75, 3.05) is 6.54 Å². The van der Waals surface area contributed by atoms with Crippen LogP contribution >= 0.6 is 0 Å². The quantitative estimate of drug-likeness (QED) is 0.137. The zero-order chi connectivity index (χ0) is 35.2. The third-order valence-corrected chi connectivity index (χ3v) is 10.8. The third kappa shape index (κ3) is 4.22. The molecule has 11 rings (SSSR count). The van der Waals surface area contributed by atoms with Crippen molar-refractivity contribution >= 4 is 93.3 Å². The minimum atomic E-state index is 0.697. The van der Waals surface area contributed by atoms with Crippen LogP contribution in [-0.4, -0.2) is 21.5 Å². The van der Waals surface area contributed by atoms with Gasteiger partial charge in [0, 0.05) is 44.5 Å². The number of hydrogen-bond donors (Lipinski definition) is 0. The minimum absolute atomic E-state index is 0.697. The highest BCUT2D eigenvalue weighted by atomic mass is 16.3. The molecule has 4 heterocycles. The fourth-order valence-corrected chi connectivity index (χ4v) is 8.56. The van der Waals surface area contributed by atoms with Gasteiger partial charge in [-0.2, -0.15) is 0 Å². The lowest BCUT2D eigenvalue weighted by Crippen LogP contribution is -2.09. The van der Waals surface area contributed by atoms with E-state index >= 15 is 0 Å². The average molecular weight is 684 g/mol. The summed E-state index contributed by atoms with van der Waals surface area (Å²) >= 11 is 0. The summed E-state index contributed by atoms with van der Waals surface area (Å²) in [5.41, 5.74) is 11.4. The lowest BCUT2D eigenvalue weighted by atomic mass is 10.0. The Labute approximate surface area is 304 Å². The van der Waals surface area contributed by atoms with E-state index in [0.717, 1.165) is 110 Å². The number of fused-ring (bicyclic) bond motifs is 14. The molecule has 4 aromatic heterocycles. The van der Waals surface area contributed by atoms with Gasteiger partial charge in [-0.3, -0.25) is 9.56 Å². The van der Waals surface area contributed by atoms with E-state index in [4.69, 9.17) is 13.8 Å². The van der Waals surface area contributed by atoms with Crippen molar-refractivity contribution in [1.29, 1.82) is 0 Å². The van der Waals surface area contributed by atoms with Gasteiger partial charge in [0.1, 0.15) is 28.2 Å². The van der Waals surface area contributed by atoms with Crippen molar-refractivity contribution in [2.24, 2.45) is 4.99 Å². The third-order valence-electron chi connectivity index (χ3n) is 10.8. The van der Waals surface area contributed by atoms with Gasteiger partial charge in [0.15, 0.2) is 0 Å². The number of benzene rings is 7. The fourth-order valence-electron chi connectivity index (χ4n) is 8.56. The van der Waals surface area contributed by atoms with Gasteiger partial charge in [-0.15, -0.1) is 0 Å². The van der Waals surface area contributed by atoms with E-state index in [-0.39, 0.29) is 0 Å². The molecular formula is C48H33N3O2. The normalized spacial score (nSPS) is 12.8. The molecule has 0 aliphatic heterocycles. The van der Waals surface area contributed by atoms with Crippen LogP contribution in [0, 0.1) is 0 Å². The highest BCUT2D eigenvalue weighted by Gasteiger charge is 2.23. The predicted molar refractivity (Wildman–Crippen MR) is 222 cm³/mol. The van der Waals surface area contributed by atoms with Crippen LogP contribution in [0.2, 0.25) is 0 Å². The summed E-state index contributed by atoms with van der Waals surface area (Å²) in [6.45, 7) is 4.81. The van der Waals surface area contributed by atoms with Gasteiger partial charge in [0.05, 0.1) is 32.8 Å². The average Bonchev–Trinajstić information content (AvgIpc) is 3.95. The van der Waals surface area contributed by atoms with Crippen LogP contribution in [0.3, 0.4) is 0 Å². The lowest BCUT2D eigenvalue weighted by molar-refractivity contribution is 0.669. The topological polar surface area (TPSA) is 48.5 Å². The molecule has 5 heteroatoms. The summed E-state index contributed by atoms with van der Waals surface area (Å²) in [4.78, 5) is 4.89. The van der Waals surface area contributed by atoms with Crippen LogP contribution in [0.4, 0.5) is 0 Å². The Morgan fingerprint density at radius 3 is 2.00 bits per heavy atom. The SMILES string of the molecule is C/C=C\C(=NCC)n1c2ccccc2c2c3oc4c(ccc5c4c4ccccc4n5-c4cccc(-c5ccc6oc7ccccc7c6c5)c4)c3ccc21. The molecule has 0 spiro atoms. The standard InChI is InChI=1S/C48H33N3O2/c1-3-12-44(49-4-2)51-39-19-9-6-17-36(39)46-41(51)25-23-34-33-22-24-40-45(47(33)53-48(34)46)35-16-5-8-18-38(35)50(40)31-14-11-13-29(27-31)30-21-26-43-37(28-30)32-15-7-10-20-42(32)52-43/h3,5-28H,4H2,1-2H3/b12-3-,49-44?. The van der Waals surface area contributed by atoms with Gasteiger partial charge in [-0.05, 0) is 97.8 Å². The van der Waals surface area contributed by atoms with Gasteiger partial charge in [-0.1, -0.05) is 78.9 Å². The van der Waals surface area contributed by atoms with Crippen molar-refractivity contribution < 1.29 is 8.83 Å². The van der Waals surface area contributed by atoms with Gasteiger partial charge in [0.25, 0.3) is 0 Å². The van der Waals surface area contributed by atoms with Crippen molar-refractivity contribution in [3.8, 4) is 16.8 Å². The lowest BCUT2D eigenvalue weighted by Gasteiger charge is -2.10. The number of rotatable bonds is 4. The van der Waals surface area contributed by atoms with E-state index in [1.54, 1.807) is 0 Å². The van der Waals surface area contributed by atoms with Crippen molar-refractivity contribution in [3.05, 3.63) is 152 Å². The zero-order valence-corrected chi connectivity index (χ0v) is 29.3. The number of aromatic nitrogens is 2. The Kier molecular flexibility index (Phi) is 6.38. The molecule has 0 aliphatic rings. The number of furan rings is 2. The highest BCUT2D eigenvalue weighted by molar-refractivity contribution is 6.30. The number of allylic oxidation sites excluding steroid dienone is 2. The molecule has 7 aromatic carbocycles. The van der Waals surface area contributed by atoms with Gasteiger partial charge in [0.2, 0.25) is 0 Å². The minimum Gasteiger partial charge on any atom is -0.456 e. The van der Waals surface area contributed by atoms with Gasteiger partial charge < -0.3 is 13.4 Å². The van der Waals surface area contributed by atoms with Crippen LogP contribution in [0.25, 0.3) is 104 Å². The summed E-state index contributed by atoms with van der Waals surface area (Å²) in [7, 11) is 0. The van der Waals surface area contributed by atoms with Gasteiger partial charge in [-0.25, -0.2) is 0 Å². The summed E-state index contributed by atoms with van der Waals surface area (Å²) in [6, 6.07) is 49.7. The number of hydrogen-bond acceptors (Lipinski definition) is 3. The Morgan fingerprint density at radius 1 is 0.547 bits per heavy atom. The van der Waals surface area contributed by atoms with E-state index in [2.05, 4.69) is 156 Å². The molecule has 0 saturated carbocycles. The molecular weight excluding hydrogens is 651 g/mol. The Bertz CT molecular complexity index is 3340. The molecule has 0 radical (unpaired) electrons. The molecule has 11 aromatic rings. The van der Waals surface area contributed by atoms with E-state index < -0.39 is 0 Å². The molecule has 252 valence electrons. The largest absolute Gasteiger partial charge is 0.456 e. The monoisotopic (exact) mass is 683 g/mol.